The van der Waals surface area contributed by atoms with Crippen molar-refractivity contribution >= 4 is 29.1 Å². The van der Waals surface area contributed by atoms with Crippen LogP contribution in [-0.2, 0) is 11.2 Å². The molecule has 1 N–H and O–H groups in total. The van der Waals surface area contributed by atoms with Crippen molar-refractivity contribution in [3.63, 3.8) is 0 Å². The summed E-state index contributed by atoms with van der Waals surface area (Å²) in [7, 11) is 0. The van der Waals surface area contributed by atoms with Gasteiger partial charge in [0.25, 0.3) is 0 Å². The summed E-state index contributed by atoms with van der Waals surface area (Å²) >= 11 is 12.2. The second-order valence-corrected chi connectivity index (χ2v) is 4.85. The predicted molar refractivity (Wildman–Crippen MR) is 65.9 cm³/mol. The summed E-state index contributed by atoms with van der Waals surface area (Å²) in [6.07, 6.45) is 2.57. The molecule has 1 amide bonds. The number of nitrogens with one attached hydrogen (secondary N) is 1. The van der Waals surface area contributed by atoms with Gasteiger partial charge in [0.1, 0.15) is 0 Å². The fourth-order valence-corrected chi connectivity index (χ4v) is 2.56. The Labute approximate surface area is 105 Å². The van der Waals surface area contributed by atoms with Crippen LogP contribution < -0.4 is 5.32 Å². The molecule has 1 aromatic rings. The Bertz CT molecular complexity index is 386. The molecule has 86 valence electrons. The topological polar surface area (TPSA) is 29.1 Å². The van der Waals surface area contributed by atoms with Crippen LogP contribution in [0.4, 0.5) is 0 Å². The lowest BCUT2D eigenvalue weighted by Gasteiger charge is -2.22. The molecule has 1 saturated heterocycles. The summed E-state index contributed by atoms with van der Waals surface area (Å²) in [5.74, 6) is 0.119. The number of benzene rings is 1. The molecule has 0 bridgehead atoms. The van der Waals surface area contributed by atoms with Crippen LogP contribution in [0.3, 0.4) is 0 Å². The first-order valence-electron chi connectivity index (χ1n) is 5.39. The highest BCUT2D eigenvalue weighted by Crippen LogP contribution is 2.28. The fourth-order valence-electron chi connectivity index (χ4n) is 2.00. The van der Waals surface area contributed by atoms with E-state index in [0.29, 0.717) is 16.5 Å². The third-order valence-electron chi connectivity index (χ3n) is 2.91. The van der Waals surface area contributed by atoms with E-state index >= 15 is 0 Å². The van der Waals surface area contributed by atoms with Crippen molar-refractivity contribution in [1.82, 2.24) is 5.32 Å². The molecule has 1 unspecified atom stereocenters. The van der Waals surface area contributed by atoms with Crippen LogP contribution in [0.15, 0.2) is 18.2 Å². The summed E-state index contributed by atoms with van der Waals surface area (Å²) in [6, 6.07) is 5.43. The zero-order valence-electron chi connectivity index (χ0n) is 8.80. The summed E-state index contributed by atoms with van der Waals surface area (Å²) in [4.78, 5) is 11.6. The van der Waals surface area contributed by atoms with Crippen molar-refractivity contribution < 1.29 is 4.79 Å². The molecule has 0 radical (unpaired) electrons. The van der Waals surface area contributed by atoms with Gasteiger partial charge in [-0.15, -0.1) is 0 Å². The standard InChI is InChI=1S/C12H13Cl2NO/c13-10-4-1-5-11(14)9(10)7-8-3-2-6-15-12(8)16/h1,4-5,8H,2-3,6-7H2,(H,15,16). The number of rotatable bonds is 2. The van der Waals surface area contributed by atoms with Crippen molar-refractivity contribution in [3.05, 3.63) is 33.8 Å². The maximum atomic E-state index is 11.6. The Morgan fingerprint density at radius 3 is 2.62 bits per heavy atom. The molecular weight excluding hydrogens is 245 g/mol. The van der Waals surface area contributed by atoms with Gasteiger partial charge in [-0.2, -0.15) is 0 Å². The zero-order valence-corrected chi connectivity index (χ0v) is 10.3. The summed E-state index contributed by atoms with van der Waals surface area (Å²) in [5.41, 5.74) is 0.882. The van der Waals surface area contributed by atoms with Crippen LogP contribution >= 0.6 is 23.2 Å². The smallest absolute Gasteiger partial charge is 0.223 e. The van der Waals surface area contributed by atoms with Crippen molar-refractivity contribution in [1.29, 1.82) is 0 Å². The number of hydrogen-bond acceptors (Lipinski definition) is 1. The minimum atomic E-state index is 0.00569. The third kappa shape index (κ3) is 2.50. The number of halogens is 2. The minimum absolute atomic E-state index is 0.00569. The summed E-state index contributed by atoms with van der Waals surface area (Å²) < 4.78 is 0. The second kappa shape index (κ2) is 5.07. The molecule has 1 heterocycles. The van der Waals surface area contributed by atoms with Crippen molar-refractivity contribution in [2.45, 2.75) is 19.3 Å². The van der Waals surface area contributed by atoms with Gasteiger partial charge >= 0.3 is 0 Å². The number of hydrogen-bond donors (Lipinski definition) is 1. The molecule has 2 nitrogen and oxygen atoms in total. The number of carbonyl (C=O) groups excluding carboxylic acids is 1. The molecule has 16 heavy (non-hydrogen) atoms. The Morgan fingerprint density at radius 2 is 2.00 bits per heavy atom. The van der Waals surface area contributed by atoms with Gasteiger partial charge in [0, 0.05) is 22.5 Å². The van der Waals surface area contributed by atoms with E-state index in [4.69, 9.17) is 23.2 Å². The highest BCUT2D eigenvalue weighted by Gasteiger charge is 2.23. The average Bonchev–Trinajstić information content (AvgIpc) is 2.26. The molecule has 0 aliphatic carbocycles. The van der Waals surface area contributed by atoms with Gasteiger partial charge in [0.05, 0.1) is 0 Å². The van der Waals surface area contributed by atoms with E-state index in [1.54, 1.807) is 0 Å². The lowest BCUT2D eigenvalue weighted by atomic mass is 9.91. The molecule has 1 aliphatic rings. The van der Waals surface area contributed by atoms with E-state index in [0.717, 1.165) is 24.9 Å². The first-order valence-corrected chi connectivity index (χ1v) is 6.14. The van der Waals surface area contributed by atoms with Gasteiger partial charge in [-0.3, -0.25) is 4.79 Å². The second-order valence-electron chi connectivity index (χ2n) is 4.03. The average molecular weight is 258 g/mol. The molecular formula is C12H13Cl2NO. The van der Waals surface area contributed by atoms with Crippen molar-refractivity contribution in [3.8, 4) is 0 Å². The van der Waals surface area contributed by atoms with Crippen LogP contribution in [0.2, 0.25) is 10.0 Å². The van der Waals surface area contributed by atoms with E-state index in [9.17, 15) is 4.79 Å². The summed E-state index contributed by atoms with van der Waals surface area (Å²) in [5, 5.41) is 4.15. The van der Waals surface area contributed by atoms with Gasteiger partial charge in [0.15, 0.2) is 0 Å². The normalized spacial score (nSPS) is 20.6. The Balaban J connectivity index is 2.16. The van der Waals surface area contributed by atoms with Gasteiger partial charge in [-0.05, 0) is 37.0 Å². The molecule has 1 atom stereocenters. The summed E-state index contributed by atoms with van der Waals surface area (Å²) in [6.45, 7) is 0.783. The molecule has 4 heteroatoms. The fraction of sp³-hybridized carbons (Fsp3) is 0.417. The Morgan fingerprint density at radius 1 is 1.31 bits per heavy atom. The van der Waals surface area contributed by atoms with Gasteiger partial charge < -0.3 is 5.32 Å². The first-order chi connectivity index (χ1) is 7.68. The van der Waals surface area contributed by atoms with E-state index in [1.807, 2.05) is 18.2 Å². The lowest BCUT2D eigenvalue weighted by Crippen LogP contribution is -2.37. The maximum Gasteiger partial charge on any atom is 0.223 e. The number of piperidine rings is 1. The molecule has 0 spiro atoms. The van der Waals surface area contributed by atoms with E-state index < -0.39 is 0 Å². The van der Waals surface area contributed by atoms with Crippen LogP contribution in [0.25, 0.3) is 0 Å². The lowest BCUT2D eigenvalue weighted by molar-refractivity contribution is -0.126. The molecule has 0 aromatic heterocycles. The number of amides is 1. The number of carbonyl (C=O) groups is 1. The van der Waals surface area contributed by atoms with Crippen LogP contribution in [0.5, 0.6) is 0 Å². The Kier molecular flexibility index (Phi) is 3.72. The SMILES string of the molecule is O=C1NCCCC1Cc1c(Cl)cccc1Cl. The highest BCUT2D eigenvalue weighted by molar-refractivity contribution is 6.36. The maximum absolute atomic E-state index is 11.6. The van der Waals surface area contributed by atoms with Crippen LogP contribution in [-0.4, -0.2) is 12.5 Å². The van der Waals surface area contributed by atoms with Crippen LogP contribution in [0, 0.1) is 5.92 Å². The minimum Gasteiger partial charge on any atom is -0.356 e. The molecule has 1 aromatic carbocycles. The van der Waals surface area contributed by atoms with E-state index in [2.05, 4.69) is 5.32 Å². The van der Waals surface area contributed by atoms with Gasteiger partial charge in [-0.1, -0.05) is 29.3 Å². The first kappa shape index (κ1) is 11.7. The predicted octanol–water partition coefficient (Wildman–Crippen LogP) is 3.06. The van der Waals surface area contributed by atoms with E-state index in [-0.39, 0.29) is 11.8 Å². The zero-order chi connectivity index (χ0) is 11.5. The quantitative estimate of drug-likeness (QED) is 0.867. The Hall–Kier alpha value is -0.730. The molecule has 1 fully saturated rings. The van der Waals surface area contributed by atoms with Gasteiger partial charge in [0.2, 0.25) is 5.91 Å². The molecule has 1 aliphatic heterocycles. The molecule has 0 saturated carbocycles. The molecule has 2 rings (SSSR count). The van der Waals surface area contributed by atoms with Crippen molar-refractivity contribution in [2.24, 2.45) is 5.92 Å². The van der Waals surface area contributed by atoms with E-state index in [1.165, 1.54) is 0 Å². The highest BCUT2D eigenvalue weighted by atomic mass is 35.5. The van der Waals surface area contributed by atoms with Crippen LogP contribution in [0.1, 0.15) is 18.4 Å². The third-order valence-corrected chi connectivity index (χ3v) is 3.62. The monoisotopic (exact) mass is 257 g/mol. The largest absolute Gasteiger partial charge is 0.356 e. The van der Waals surface area contributed by atoms with Crippen molar-refractivity contribution in [2.75, 3.05) is 6.54 Å². The van der Waals surface area contributed by atoms with Gasteiger partial charge in [-0.25, -0.2) is 0 Å².